The van der Waals surface area contributed by atoms with Crippen LogP contribution in [0.4, 0.5) is 0 Å². The Morgan fingerprint density at radius 1 is 0.842 bits per heavy atom. The Hall–Kier alpha value is -2.12. The van der Waals surface area contributed by atoms with E-state index in [0.717, 1.165) is 11.1 Å². The van der Waals surface area contributed by atoms with Crippen LogP contribution in [0.1, 0.15) is 21.5 Å². The van der Waals surface area contributed by atoms with Crippen LogP contribution in [0.25, 0.3) is 12.2 Å². The quantitative estimate of drug-likeness (QED) is 0.575. The fourth-order valence-electron chi connectivity index (χ4n) is 1.75. The summed E-state index contributed by atoms with van der Waals surface area (Å²) in [5.74, 6) is -0.00902. The smallest absolute Gasteiger partial charge is 0.185 e. The highest BCUT2D eigenvalue weighted by atomic mass is 35.5. The molecule has 0 radical (unpaired) electrons. The molecule has 2 heteroatoms. The van der Waals surface area contributed by atoms with E-state index in [1.165, 1.54) is 5.54 Å². The maximum atomic E-state index is 12.0. The predicted octanol–water partition coefficient (Wildman–Crippen LogP) is 4.79. The SMILES string of the molecule is O=C(C=Cc1ccccc1C=CCl)c1ccccc1. The second-order valence-electron chi connectivity index (χ2n) is 3.99. The molecule has 2 rings (SSSR count). The van der Waals surface area contributed by atoms with Gasteiger partial charge in [0.15, 0.2) is 5.78 Å². The molecule has 0 saturated carbocycles. The van der Waals surface area contributed by atoms with Crippen molar-refractivity contribution in [2.75, 3.05) is 0 Å². The zero-order chi connectivity index (χ0) is 13.5. The van der Waals surface area contributed by atoms with E-state index in [0.29, 0.717) is 5.56 Å². The van der Waals surface area contributed by atoms with Crippen LogP contribution in [-0.2, 0) is 0 Å². The molecule has 0 amide bonds. The summed E-state index contributed by atoms with van der Waals surface area (Å²) in [6.07, 6.45) is 5.19. The molecule has 0 heterocycles. The van der Waals surface area contributed by atoms with Crippen LogP contribution in [0, 0.1) is 0 Å². The lowest BCUT2D eigenvalue weighted by Gasteiger charge is -1.99. The molecule has 0 N–H and O–H groups in total. The topological polar surface area (TPSA) is 17.1 Å². The minimum Gasteiger partial charge on any atom is -0.289 e. The van der Waals surface area contributed by atoms with Crippen LogP contribution >= 0.6 is 11.6 Å². The van der Waals surface area contributed by atoms with Crippen LogP contribution in [0.5, 0.6) is 0 Å². The molecule has 0 aliphatic rings. The second kappa shape index (κ2) is 6.72. The van der Waals surface area contributed by atoms with Crippen LogP contribution in [0.2, 0.25) is 0 Å². The lowest BCUT2D eigenvalue weighted by atomic mass is 10.1. The molecule has 0 atom stereocenters. The number of allylic oxidation sites excluding steroid dienone is 1. The van der Waals surface area contributed by atoms with Crippen molar-refractivity contribution in [2.24, 2.45) is 0 Å². The summed E-state index contributed by atoms with van der Waals surface area (Å²) in [5.41, 5.74) is 4.09. The summed E-state index contributed by atoms with van der Waals surface area (Å²) in [6.45, 7) is 0. The molecule has 2 aromatic rings. The largest absolute Gasteiger partial charge is 0.289 e. The Balaban J connectivity index is 2.22. The first-order chi connectivity index (χ1) is 9.31. The van der Waals surface area contributed by atoms with Crippen LogP contribution in [0.3, 0.4) is 0 Å². The molecule has 0 aliphatic carbocycles. The second-order valence-corrected chi connectivity index (χ2v) is 4.24. The van der Waals surface area contributed by atoms with Crippen LogP contribution < -0.4 is 0 Å². The van der Waals surface area contributed by atoms with E-state index in [1.807, 2.05) is 48.5 Å². The molecular formula is C17H13ClO. The number of rotatable bonds is 4. The van der Waals surface area contributed by atoms with Gasteiger partial charge in [0.25, 0.3) is 0 Å². The van der Waals surface area contributed by atoms with Gasteiger partial charge in [0, 0.05) is 11.1 Å². The third kappa shape index (κ3) is 3.67. The van der Waals surface area contributed by atoms with Gasteiger partial charge in [0.05, 0.1) is 0 Å². The molecule has 0 bridgehead atoms. The minimum absolute atomic E-state index is 0.00902. The molecule has 2 aromatic carbocycles. The lowest BCUT2D eigenvalue weighted by Crippen LogP contribution is -1.93. The van der Waals surface area contributed by atoms with E-state index in [9.17, 15) is 4.79 Å². The molecule has 19 heavy (non-hydrogen) atoms. The predicted molar refractivity (Wildman–Crippen MR) is 81.1 cm³/mol. The van der Waals surface area contributed by atoms with Gasteiger partial charge in [-0.3, -0.25) is 4.79 Å². The van der Waals surface area contributed by atoms with Gasteiger partial charge in [-0.15, -0.1) is 0 Å². The number of halogens is 1. The normalized spacial score (nSPS) is 11.2. The Morgan fingerprint density at radius 2 is 1.42 bits per heavy atom. The van der Waals surface area contributed by atoms with E-state index < -0.39 is 0 Å². The first kappa shape index (κ1) is 13.3. The van der Waals surface area contributed by atoms with Crippen molar-refractivity contribution >= 4 is 29.5 Å². The van der Waals surface area contributed by atoms with Gasteiger partial charge >= 0.3 is 0 Å². The molecule has 0 aliphatic heterocycles. The van der Waals surface area contributed by atoms with E-state index in [4.69, 9.17) is 11.6 Å². The zero-order valence-corrected chi connectivity index (χ0v) is 11.0. The average Bonchev–Trinajstić information content (AvgIpc) is 2.47. The number of benzene rings is 2. The first-order valence-corrected chi connectivity index (χ1v) is 6.38. The van der Waals surface area contributed by atoms with Crippen LogP contribution in [0.15, 0.2) is 66.2 Å². The number of hydrogen-bond donors (Lipinski definition) is 0. The Morgan fingerprint density at radius 3 is 2.05 bits per heavy atom. The highest BCUT2D eigenvalue weighted by molar-refractivity contribution is 6.27. The Bertz CT molecular complexity index is 612. The van der Waals surface area contributed by atoms with Crippen molar-refractivity contribution in [3.8, 4) is 0 Å². The standard InChI is InChI=1S/C17H13ClO/c18-13-12-15-7-5-4-6-14(15)10-11-17(19)16-8-2-1-3-9-16/h1-13H. The highest BCUT2D eigenvalue weighted by Gasteiger charge is 2.00. The van der Waals surface area contributed by atoms with Gasteiger partial charge in [-0.1, -0.05) is 72.3 Å². The van der Waals surface area contributed by atoms with E-state index >= 15 is 0 Å². The van der Waals surface area contributed by atoms with E-state index in [2.05, 4.69) is 0 Å². The number of hydrogen-bond acceptors (Lipinski definition) is 1. The fraction of sp³-hybridized carbons (Fsp3) is 0. The summed E-state index contributed by atoms with van der Waals surface area (Å²) in [7, 11) is 0. The van der Waals surface area contributed by atoms with Gasteiger partial charge in [0.2, 0.25) is 0 Å². The van der Waals surface area contributed by atoms with Crippen molar-refractivity contribution in [3.63, 3.8) is 0 Å². The number of carbonyl (C=O) groups excluding carboxylic acids is 1. The minimum atomic E-state index is -0.00902. The Kier molecular flexibility index (Phi) is 4.71. The van der Waals surface area contributed by atoms with Crippen molar-refractivity contribution in [1.29, 1.82) is 0 Å². The molecular weight excluding hydrogens is 256 g/mol. The van der Waals surface area contributed by atoms with Crippen molar-refractivity contribution in [1.82, 2.24) is 0 Å². The van der Waals surface area contributed by atoms with Crippen molar-refractivity contribution in [2.45, 2.75) is 0 Å². The molecule has 1 nitrogen and oxygen atoms in total. The summed E-state index contributed by atoms with van der Waals surface area (Å²) >= 11 is 5.60. The molecule has 0 unspecified atom stereocenters. The molecule has 0 aromatic heterocycles. The molecule has 0 fully saturated rings. The van der Waals surface area contributed by atoms with Gasteiger partial charge in [-0.25, -0.2) is 0 Å². The zero-order valence-electron chi connectivity index (χ0n) is 10.3. The van der Waals surface area contributed by atoms with E-state index in [-0.39, 0.29) is 5.78 Å². The fourth-order valence-corrected chi connectivity index (χ4v) is 1.88. The van der Waals surface area contributed by atoms with Crippen molar-refractivity contribution < 1.29 is 4.79 Å². The van der Waals surface area contributed by atoms with Gasteiger partial charge in [0.1, 0.15) is 0 Å². The first-order valence-electron chi connectivity index (χ1n) is 5.94. The van der Waals surface area contributed by atoms with Gasteiger partial charge in [-0.05, 0) is 23.3 Å². The molecule has 0 spiro atoms. The van der Waals surface area contributed by atoms with E-state index in [1.54, 1.807) is 24.3 Å². The maximum absolute atomic E-state index is 12.0. The summed E-state index contributed by atoms with van der Waals surface area (Å²) < 4.78 is 0. The summed E-state index contributed by atoms with van der Waals surface area (Å²) in [4.78, 5) is 12.0. The lowest BCUT2D eigenvalue weighted by molar-refractivity contribution is 0.104. The number of ketones is 1. The molecule has 94 valence electrons. The highest BCUT2D eigenvalue weighted by Crippen LogP contribution is 2.14. The third-order valence-corrected chi connectivity index (χ3v) is 2.84. The maximum Gasteiger partial charge on any atom is 0.185 e. The third-order valence-electron chi connectivity index (χ3n) is 2.71. The van der Waals surface area contributed by atoms with Crippen LogP contribution in [-0.4, -0.2) is 5.78 Å². The average molecular weight is 269 g/mol. The Labute approximate surface area is 117 Å². The summed E-state index contributed by atoms with van der Waals surface area (Å²) in [6, 6.07) is 17.0. The monoisotopic (exact) mass is 268 g/mol. The summed E-state index contributed by atoms with van der Waals surface area (Å²) in [5, 5.41) is 0. The number of carbonyl (C=O) groups is 1. The van der Waals surface area contributed by atoms with Crippen molar-refractivity contribution in [3.05, 3.63) is 82.9 Å². The van der Waals surface area contributed by atoms with Gasteiger partial charge in [-0.2, -0.15) is 0 Å². The van der Waals surface area contributed by atoms with Gasteiger partial charge < -0.3 is 0 Å². The molecule has 0 saturated heterocycles.